The number of carbonyl (C=O) groups excluding carboxylic acids is 1. The van der Waals surface area contributed by atoms with Crippen molar-refractivity contribution in [2.75, 3.05) is 6.54 Å². The molecule has 1 N–H and O–H groups in total. The molecule has 0 bridgehead atoms. The molecule has 0 fully saturated rings. The molecule has 1 aromatic rings. The highest BCUT2D eigenvalue weighted by Gasteiger charge is 2.30. The molecule has 0 unspecified atom stereocenters. The first-order chi connectivity index (χ1) is 9.30. The van der Waals surface area contributed by atoms with E-state index in [1.54, 1.807) is 0 Å². The molecule has 1 amide bonds. The quantitative estimate of drug-likeness (QED) is 0.812. The van der Waals surface area contributed by atoms with Gasteiger partial charge < -0.3 is 5.32 Å². The number of hydrogen-bond acceptors (Lipinski definition) is 2. The number of halogens is 3. The maximum absolute atomic E-state index is 12.3. The minimum Gasteiger partial charge on any atom is -0.351 e. The third kappa shape index (κ3) is 5.59. The SMILES string of the molecule is CC(C)CCCCNC(=O)c1ccc(C(F)(F)F)cn1. The molecule has 112 valence electrons. The van der Waals surface area contributed by atoms with Gasteiger partial charge in [-0.05, 0) is 24.5 Å². The van der Waals surface area contributed by atoms with Crippen molar-refractivity contribution in [1.29, 1.82) is 0 Å². The number of alkyl halides is 3. The van der Waals surface area contributed by atoms with Crippen LogP contribution >= 0.6 is 0 Å². The highest BCUT2D eigenvalue weighted by molar-refractivity contribution is 5.92. The van der Waals surface area contributed by atoms with E-state index in [-0.39, 0.29) is 5.69 Å². The number of rotatable bonds is 6. The standard InChI is InChI=1S/C14H19F3N2O/c1-10(2)5-3-4-8-18-13(20)12-7-6-11(9-19-12)14(15,16)17/h6-7,9-10H,3-5,8H2,1-2H3,(H,18,20). The van der Waals surface area contributed by atoms with Crippen LogP contribution in [0.15, 0.2) is 18.3 Å². The van der Waals surface area contributed by atoms with Crippen molar-refractivity contribution in [3.63, 3.8) is 0 Å². The molecule has 0 saturated carbocycles. The van der Waals surface area contributed by atoms with Crippen LogP contribution in [-0.2, 0) is 6.18 Å². The molecule has 1 aromatic heterocycles. The second-order valence-corrected chi connectivity index (χ2v) is 5.08. The first-order valence-corrected chi connectivity index (χ1v) is 6.62. The topological polar surface area (TPSA) is 42.0 Å². The predicted molar refractivity (Wildman–Crippen MR) is 70.3 cm³/mol. The minimum absolute atomic E-state index is 0.00172. The van der Waals surface area contributed by atoms with Crippen LogP contribution in [-0.4, -0.2) is 17.4 Å². The number of nitrogens with one attached hydrogen (secondary N) is 1. The van der Waals surface area contributed by atoms with Gasteiger partial charge in [-0.25, -0.2) is 0 Å². The second-order valence-electron chi connectivity index (χ2n) is 5.08. The van der Waals surface area contributed by atoms with Gasteiger partial charge in [0.05, 0.1) is 5.56 Å². The van der Waals surface area contributed by atoms with Crippen molar-refractivity contribution in [1.82, 2.24) is 10.3 Å². The number of unbranched alkanes of at least 4 members (excludes halogenated alkanes) is 1. The van der Waals surface area contributed by atoms with Crippen molar-refractivity contribution >= 4 is 5.91 Å². The fraction of sp³-hybridized carbons (Fsp3) is 0.571. The van der Waals surface area contributed by atoms with Gasteiger partial charge in [0, 0.05) is 12.7 Å². The van der Waals surface area contributed by atoms with Crippen molar-refractivity contribution in [2.24, 2.45) is 5.92 Å². The molecule has 1 rings (SSSR count). The normalized spacial score (nSPS) is 11.7. The zero-order valence-electron chi connectivity index (χ0n) is 11.6. The Morgan fingerprint density at radius 2 is 2.00 bits per heavy atom. The first-order valence-electron chi connectivity index (χ1n) is 6.62. The molecule has 6 heteroatoms. The van der Waals surface area contributed by atoms with Crippen molar-refractivity contribution in [2.45, 2.75) is 39.3 Å². The lowest BCUT2D eigenvalue weighted by Crippen LogP contribution is -2.25. The van der Waals surface area contributed by atoms with Crippen LogP contribution in [0.4, 0.5) is 13.2 Å². The average molecular weight is 288 g/mol. The number of carbonyl (C=O) groups is 1. The molecular weight excluding hydrogens is 269 g/mol. The van der Waals surface area contributed by atoms with E-state index >= 15 is 0 Å². The van der Waals surface area contributed by atoms with Crippen molar-refractivity contribution < 1.29 is 18.0 Å². The highest BCUT2D eigenvalue weighted by atomic mass is 19.4. The summed E-state index contributed by atoms with van der Waals surface area (Å²) in [6, 6.07) is 1.95. The van der Waals surface area contributed by atoms with Crippen LogP contribution in [0.5, 0.6) is 0 Å². The second kappa shape index (κ2) is 7.26. The lowest BCUT2D eigenvalue weighted by molar-refractivity contribution is -0.137. The van der Waals surface area contributed by atoms with Gasteiger partial charge in [0.15, 0.2) is 0 Å². The fourth-order valence-electron chi connectivity index (χ4n) is 1.67. The van der Waals surface area contributed by atoms with E-state index in [1.807, 2.05) is 0 Å². The van der Waals surface area contributed by atoms with Crippen LogP contribution in [0.2, 0.25) is 0 Å². The third-order valence-corrected chi connectivity index (χ3v) is 2.82. The van der Waals surface area contributed by atoms with E-state index in [0.717, 1.165) is 31.4 Å². The number of nitrogens with zero attached hydrogens (tertiary/aromatic N) is 1. The number of hydrogen-bond donors (Lipinski definition) is 1. The Morgan fingerprint density at radius 1 is 1.30 bits per heavy atom. The van der Waals surface area contributed by atoms with Crippen LogP contribution in [0.25, 0.3) is 0 Å². The summed E-state index contributed by atoms with van der Waals surface area (Å²) >= 11 is 0. The Balaban J connectivity index is 2.40. The molecule has 0 radical (unpaired) electrons. The maximum Gasteiger partial charge on any atom is 0.417 e. The van der Waals surface area contributed by atoms with Gasteiger partial charge in [-0.15, -0.1) is 0 Å². The number of amides is 1. The molecular formula is C14H19F3N2O. The number of aromatic nitrogens is 1. The molecule has 0 aromatic carbocycles. The van der Waals surface area contributed by atoms with E-state index < -0.39 is 17.6 Å². The Labute approximate surface area is 116 Å². The van der Waals surface area contributed by atoms with Gasteiger partial charge in [0.25, 0.3) is 5.91 Å². The fourth-order valence-corrected chi connectivity index (χ4v) is 1.67. The Hall–Kier alpha value is -1.59. The van der Waals surface area contributed by atoms with Crippen molar-refractivity contribution in [3.8, 4) is 0 Å². The summed E-state index contributed by atoms with van der Waals surface area (Å²) in [6.07, 6.45) is -0.802. The average Bonchev–Trinajstić information content (AvgIpc) is 2.37. The minimum atomic E-state index is -4.43. The summed E-state index contributed by atoms with van der Waals surface area (Å²) in [5.41, 5.74) is -0.854. The molecule has 0 aliphatic heterocycles. The van der Waals surface area contributed by atoms with Gasteiger partial charge >= 0.3 is 6.18 Å². The van der Waals surface area contributed by atoms with Gasteiger partial charge in [0.1, 0.15) is 5.69 Å². The first kappa shape index (κ1) is 16.5. The largest absolute Gasteiger partial charge is 0.417 e. The summed E-state index contributed by atoms with van der Waals surface area (Å²) in [4.78, 5) is 15.2. The molecule has 0 atom stereocenters. The van der Waals surface area contributed by atoms with Gasteiger partial charge in [-0.1, -0.05) is 26.7 Å². The Morgan fingerprint density at radius 3 is 2.50 bits per heavy atom. The van der Waals surface area contributed by atoms with E-state index in [0.29, 0.717) is 18.7 Å². The lowest BCUT2D eigenvalue weighted by Gasteiger charge is -2.08. The summed E-state index contributed by atoms with van der Waals surface area (Å²) in [6.45, 7) is 4.77. The van der Waals surface area contributed by atoms with Gasteiger partial charge in [-0.2, -0.15) is 13.2 Å². The van der Waals surface area contributed by atoms with Crippen molar-refractivity contribution in [3.05, 3.63) is 29.6 Å². The Bertz CT molecular complexity index is 427. The maximum atomic E-state index is 12.3. The lowest BCUT2D eigenvalue weighted by atomic mass is 10.1. The summed E-state index contributed by atoms with van der Waals surface area (Å²) in [5.74, 6) is 0.186. The smallest absolute Gasteiger partial charge is 0.351 e. The molecule has 0 aliphatic rings. The van der Waals surface area contributed by atoms with Crippen LogP contribution < -0.4 is 5.32 Å². The van der Waals surface area contributed by atoms with E-state index in [9.17, 15) is 18.0 Å². The highest BCUT2D eigenvalue weighted by Crippen LogP contribution is 2.28. The molecule has 0 aliphatic carbocycles. The molecule has 0 spiro atoms. The Kier molecular flexibility index (Phi) is 5.98. The summed E-state index contributed by atoms with van der Waals surface area (Å²) in [7, 11) is 0. The summed E-state index contributed by atoms with van der Waals surface area (Å²) < 4.78 is 37.0. The van der Waals surface area contributed by atoms with Gasteiger partial charge in [-0.3, -0.25) is 9.78 Å². The van der Waals surface area contributed by atoms with E-state index in [1.165, 1.54) is 0 Å². The van der Waals surface area contributed by atoms with E-state index in [2.05, 4.69) is 24.1 Å². The van der Waals surface area contributed by atoms with E-state index in [4.69, 9.17) is 0 Å². The molecule has 20 heavy (non-hydrogen) atoms. The zero-order chi connectivity index (χ0) is 15.2. The van der Waals surface area contributed by atoms with Crippen LogP contribution in [0, 0.1) is 5.92 Å². The van der Waals surface area contributed by atoms with Crippen LogP contribution in [0.3, 0.4) is 0 Å². The number of pyridine rings is 1. The molecule has 3 nitrogen and oxygen atoms in total. The molecule has 1 heterocycles. The monoisotopic (exact) mass is 288 g/mol. The zero-order valence-corrected chi connectivity index (χ0v) is 11.6. The summed E-state index contributed by atoms with van der Waals surface area (Å²) in [5, 5.41) is 2.65. The third-order valence-electron chi connectivity index (χ3n) is 2.82. The van der Waals surface area contributed by atoms with Crippen LogP contribution in [0.1, 0.15) is 49.2 Å². The molecule has 0 saturated heterocycles. The van der Waals surface area contributed by atoms with Gasteiger partial charge in [0.2, 0.25) is 0 Å². The predicted octanol–water partition coefficient (Wildman–Crippen LogP) is 3.66.